The van der Waals surface area contributed by atoms with E-state index < -0.39 is 0 Å². The number of thioether (sulfide) groups is 1. The summed E-state index contributed by atoms with van der Waals surface area (Å²) in [7, 11) is 1.67. The third kappa shape index (κ3) is 4.10. The van der Waals surface area contributed by atoms with Gasteiger partial charge in [0, 0.05) is 0 Å². The Hall–Kier alpha value is -3.05. The number of amides is 2. The molecular weight excluding hydrogens is 406 g/mol. The minimum Gasteiger partial charge on any atom is -0.496 e. The number of rotatable bonds is 5. The molecule has 31 heavy (non-hydrogen) atoms. The van der Waals surface area contributed by atoms with Crippen LogP contribution in [-0.2, 0) is 11.3 Å². The summed E-state index contributed by atoms with van der Waals surface area (Å²) in [5, 5.41) is 1.91. The van der Waals surface area contributed by atoms with Crippen molar-refractivity contribution in [3.8, 4) is 5.75 Å². The van der Waals surface area contributed by atoms with Crippen molar-refractivity contribution in [1.82, 2.24) is 4.90 Å². The van der Waals surface area contributed by atoms with Gasteiger partial charge in [-0.25, -0.2) is 0 Å². The molecule has 0 radical (unpaired) electrons. The number of imide groups is 1. The number of nitrogens with zero attached hydrogens (tertiary/aromatic N) is 1. The molecule has 0 unspecified atom stereocenters. The van der Waals surface area contributed by atoms with Crippen molar-refractivity contribution >= 4 is 39.8 Å². The van der Waals surface area contributed by atoms with Crippen LogP contribution >= 0.6 is 11.8 Å². The molecule has 0 aliphatic carbocycles. The van der Waals surface area contributed by atoms with Crippen LogP contribution in [0.4, 0.5) is 4.79 Å². The van der Waals surface area contributed by atoms with E-state index in [9.17, 15) is 9.59 Å². The Balaban J connectivity index is 1.66. The summed E-state index contributed by atoms with van der Waals surface area (Å²) in [5.41, 5.74) is 3.97. The topological polar surface area (TPSA) is 46.6 Å². The summed E-state index contributed by atoms with van der Waals surface area (Å²) in [4.78, 5) is 27.6. The van der Waals surface area contributed by atoms with E-state index in [-0.39, 0.29) is 23.6 Å². The van der Waals surface area contributed by atoms with E-state index in [1.54, 1.807) is 7.11 Å². The molecule has 3 aromatic rings. The lowest BCUT2D eigenvalue weighted by Gasteiger charge is -2.15. The zero-order chi connectivity index (χ0) is 22.1. The molecule has 2 amide bonds. The molecule has 0 bridgehead atoms. The number of ether oxygens (including phenoxy) is 1. The fourth-order valence-electron chi connectivity index (χ4n) is 3.88. The molecule has 1 aliphatic heterocycles. The second-order valence-corrected chi connectivity index (χ2v) is 9.00. The zero-order valence-electron chi connectivity index (χ0n) is 18.1. The lowest BCUT2D eigenvalue weighted by Crippen LogP contribution is -2.27. The molecule has 0 N–H and O–H groups in total. The van der Waals surface area contributed by atoms with Crippen LogP contribution in [0.15, 0.2) is 59.5 Å². The van der Waals surface area contributed by atoms with Gasteiger partial charge in [0.1, 0.15) is 5.75 Å². The molecule has 3 aromatic carbocycles. The first-order chi connectivity index (χ1) is 14.9. The molecule has 0 aromatic heterocycles. The first-order valence-electron chi connectivity index (χ1n) is 10.3. The Bertz CT molecular complexity index is 1210. The minimum atomic E-state index is -0.246. The van der Waals surface area contributed by atoms with Gasteiger partial charge in [-0.3, -0.25) is 14.5 Å². The van der Waals surface area contributed by atoms with Crippen molar-refractivity contribution in [2.75, 3.05) is 7.11 Å². The number of carbonyl (C=O) groups is 2. The SMILES string of the molecule is COc1cc(C)c(/C=C2/SC(=O)N(Cc3cccc4ccccc34)C2=O)cc1C(C)C. The normalized spacial score (nSPS) is 15.5. The molecule has 0 atom stereocenters. The van der Waals surface area contributed by atoms with Gasteiger partial charge in [0.25, 0.3) is 11.1 Å². The van der Waals surface area contributed by atoms with Crippen LogP contribution in [0.2, 0.25) is 0 Å². The monoisotopic (exact) mass is 431 g/mol. The standard InChI is InChI=1S/C26H25NO3S/c1-16(2)22-13-20(17(3)12-23(22)30-4)14-24-25(28)27(26(29)31-24)15-19-10-7-9-18-8-5-6-11-21(18)19/h5-14,16H,15H2,1-4H3/b24-14+. The third-order valence-corrected chi connectivity index (χ3v) is 6.52. The van der Waals surface area contributed by atoms with Crippen LogP contribution in [0.1, 0.15) is 42.0 Å². The number of hydrogen-bond donors (Lipinski definition) is 0. The molecular formula is C26H25NO3S. The van der Waals surface area contributed by atoms with Gasteiger partial charge in [-0.1, -0.05) is 56.3 Å². The molecule has 1 aliphatic rings. The maximum Gasteiger partial charge on any atom is 0.293 e. The van der Waals surface area contributed by atoms with E-state index in [0.717, 1.165) is 50.5 Å². The lowest BCUT2D eigenvalue weighted by atomic mass is 9.96. The molecule has 1 saturated heterocycles. The maximum absolute atomic E-state index is 13.1. The Morgan fingerprint density at radius 3 is 2.55 bits per heavy atom. The summed E-state index contributed by atoms with van der Waals surface area (Å²) in [6.07, 6.45) is 1.83. The number of hydrogen-bond acceptors (Lipinski definition) is 4. The summed E-state index contributed by atoms with van der Waals surface area (Å²) in [6.45, 7) is 6.46. The largest absolute Gasteiger partial charge is 0.496 e. The van der Waals surface area contributed by atoms with Gasteiger partial charge >= 0.3 is 0 Å². The summed E-state index contributed by atoms with van der Waals surface area (Å²) < 4.78 is 5.51. The van der Waals surface area contributed by atoms with Crippen LogP contribution in [0, 0.1) is 6.92 Å². The number of carbonyl (C=O) groups excluding carboxylic acids is 2. The van der Waals surface area contributed by atoms with E-state index >= 15 is 0 Å². The van der Waals surface area contributed by atoms with Gasteiger partial charge in [-0.2, -0.15) is 0 Å². The van der Waals surface area contributed by atoms with Gasteiger partial charge in [0.05, 0.1) is 18.6 Å². The summed E-state index contributed by atoms with van der Waals surface area (Å²) in [5.74, 6) is 0.877. The number of methoxy groups -OCH3 is 1. The van der Waals surface area contributed by atoms with E-state index in [2.05, 4.69) is 19.9 Å². The quantitative estimate of drug-likeness (QED) is 0.432. The molecule has 1 heterocycles. The van der Waals surface area contributed by atoms with E-state index in [1.165, 1.54) is 4.90 Å². The van der Waals surface area contributed by atoms with Crippen LogP contribution in [0.5, 0.6) is 5.75 Å². The highest BCUT2D eigenvalue weighted by molar-refractivity contribution is 8.18. The van der Waals surface area contributed by atoms with Crippen LogP contribution in [-0.4, -0.2) is 23.2 Å². The Labute approximate surface area is 186 Å². The molecule has 4 nitrogen and oxygen atoms in total. The van der Waals surface area contributed by atoms with Crippen molar-refractivity contribution in [2.45, 2.75) is 33.2 Å². The van der Waals surface area contributed by atoms with E-state index in [4.69, 9.17) is 4.74 Å². The van der Waals surface area contributed by atoms with Crippen molar-refractivity contribution in [2.24, 2.45) is 0 Å². The molecule has 4 rings (SSSR count). The number of fused-ring (bicyclic) bond motifs is 1. The van der Waals surface area contributed by atoms with E-state index in [1.807, 2.05) is 61.5 Å². The Morgan fingerprint density at radius 1 is 1.06 bits per heavy atom. The van der Waals surface area contributed by atoms with Crippen molar-refractivity contribution in [3.05, 3.63) is 81.8 Å². The second kappa shape index (κ2) is 8.60. The van der Waals surface area contributed by atoms with Crippen molar-refractivity contribution in [3.63, 3.8) is 0 Å². The first kappa shape index (κ1) is 21.2. The Kier molecular flexibility index (Phi) is 5.88. The Morgan fingerprint density at radius 2 is 1.81 bits per heavy atom. The van der Waals surface area contributed by atoms with Crippen molar-refractivity contribution < 1.29 is 14.3 Å². The van der Waals surface area contributed by atoms with Gasteiger partial charge in [0.15, 0.2) is 0 Å². The predicted octanol–water partition coefficient (Wildman–Crippen LogP) is 6.52. The van der Waals surface area contributed by atoms with Gasteiger partial charge in [-0.05, 0) is 75.8 Å². The number of aryl methyl sites for hydroxylation is 1. The highest BCUT2D eigenvalue weighted by Gasteiger charge is 2.35. The fraction of sp³-hybridized carbons (Fsp3) is 0.231. The highest BCUT2D eigenvalue weighted by Crippen LogP contribution is 2.36. The smallest absolute Gasteiger partial charge is 0.293 e. The maximum atomic E-state index is 13.1. The van der Waals surface area contributed by atoms with Crippen LogP contribution in [0.25, 0.3) is 16.8 Å². The first-order valence-corrected chi connectivity index (χ1v) is 11.1. The van der Waals surface area contributed by atoms with Crippen LogP contribution in [0.3, 0.4) is 0 Å². The molecule has 0 saturated carbocycles. The zero-order valence-corrected chi connectivity index (χ0v) is 19.0. The third-order valence-electron chi connectivity index (χ3n) is 5.61. The van der Waals surface area contributed by atoms with Crippen molar-refractivity contribution in [1.29, 1.82) is 0 Å². The molecule has 5 heteroatoms. The van der Waals surface area contributed by atoms with Gasteiger partial charge in [-0.15, -0.1) is 0 Å². The highest BCUT2D eigenvalue weighted by atomic mass is 32.2. The second-order valence-electron chi connectivity index (χ2n) is 8.01. The minimum absolute atomic E-state index is 0.237. The molecule has 0 spiro atoms. The lowest BCUT2D eigenvalue weighted by molar-refractivity contribution is -0.123. The predicted molar refractivity (Wildman–Crippen MR) is 127 cm³/mol. The summed E-state index contributed by atoms with van der Waals surface area (Å²) >= 11 is 1.00. The average molecular weight is 432 g/mol. The van der Waals surface area contributed by atoms with Gasteiger partial charge in [0.2, 0.25) is 0 Å². The van der Waals surface area contributed by atoms with E-state index in [0.29, 0.717) is 4.91 Å². The van der Waals surface area contributed by atoms with Crippen LogP contribution < -0.4 is 4.74 Å². The fourth-order valence-corrected chi connectivity index (χ4v) is 4.71. The molecule has 1 fully saturated rings. The summed E-state index contributed by atoms with van der Waals surface area (Å²) in [6, 6.07) is 18.0. The molecule has 158 valence electrons. The van der Waals surface area contributed by atoms with Gasteiger partial charge < -0.3 is 4.74 Å². The average Bonchev–Trinajstić information content (AvgIpc) is 3.02. The number of benzene rings is 3.